The summed E-state index contributed by atoms with van der Waals surface area (Å²) in [6.45, 7) is 0. The lowest BCUT2D eigenvalue weighted by molar-refractivity contribution is 0.884. The zero-order chi connectivity index (χ0) is 41.0. The van der Waals surface area contributed by atoms with Gasteiger partial charge >= 0.3 is 0 Å². The van der Waals surface area contributed by atoms with Gasteiger partial charge in [-0.05, 0) is 103 Å². The summed E-state index contributed by atoms with van der Waals surface area (Å²) >= 11 is 0. The zero-order valence-corrected chi connectivity index (χ0v) is 34.5. The van der Waals surface area contributed by atoms with Crippen molar-refractivity contribution in [2.24, 2.45) is 0 Å². The lowest BCUT2D eigenvalue weighted by Crippen LogP contribution is -2.06. The van der Waals surface area contributed by atoms with Gasteiger partial charge in [-0.25, -0.2) is 9.97 Å². The average molecular weight is 797 g/mol. The van der Waals surface area contributed by atoms with E-state index >= 15 is 0 Å². The fraction of sp³-hybridized carbons (Fsp3) is 0.103. The fourth-order valence-electron chi connectivity index (χ4n) is 10.1. The number of fused-ring (bicyclic) bond motifs is 6. The number of rotatable bonds is 7. The first-order valence-electron chi connectivity index (χ1n) is 22.0. The van der Waals surface area contributed by atoms with Crippen molar-refractivity contribution in [3.63, 3.8) is 0 Å². The van der Waals surface area contributed by atoms with E-state index in [0.717, 1.165) is 72.4 Å². The van der Waals surface area contributed by atoms with Crippen LogP contribution in [0.1, 0.15) is 54.7 Å². The summed E-state index contributed by atoms with van der Waals surface area (Å²) in [6, 6.07) is 55.5. The van der Waals surface area contributed by atoms with Gasteiger partial charge in [-0.3, -0.25) is 0 Å². The van der Waals surface area contributed by atoms with Crippen LogP contribution in [0.3, 0.4) is 0 Å². The summed E-state index contributed by atoms with van der Waals surface area (Å²) in [7, 11) is 0. The Morgan fingerprint density at radius 1 is 0.484 bits per heavy atom. The van der Waals surface area contributed by atoms with Crippen molar-refractivity contribution in [1.29, 1.82) is 0 Å². The van der Waals surface area contributed by atoms with Gasteiger partial charge in [0.2, 0.25) is 0 Å². The first-order chi connectivity index (χ1) is 30.8. The van der Waals surface area contributed by atoms with Crippen LogP contribution < -0.4 is 0 Å². The van der Waals surface area contributed by atoms with Crippen LogP contribution in [0.5, 0.6) is 0 Å². The van der Waals surface area contributed by atoms with Gasteiger partial charge in [0.25, 0.3) is 0 Å². The molecule has 0 radical (unpaired) electrons. The minimum Gasteiger partial charge on any atom is -0.313 e. The smallest absolute Gasteiger partial charge is 0.160 e. The average Bonchev–Trinajstić information content (AvgIpc) is 3.88. The van der Waals surface area contributed by atoms with E-state index < -0.39 is 0 Å². The Labute approximate surface area is 361 Å². The molecule has 0 unspecified atom stereocenters. The van der Waals surface area contributed by atoms with E-state index in [-0.39, 0.29) is 0 Å². The molecule has 4 heteroatoms. The van der Waals surface area contributed by atoms with Crippen molar-refractivity contribution >= 4 is 49.6 Å². The van der Waals surface area contributed by atoms with Gasteiger partial charge in [0.15, 0.2) is 5.82 Å². The predicted octanol–water partition coefficient (Wildman–Crippen LogP) is 14.8. The van der Waals surface area contributed by atoms with Gasteiger partial charge in [-0.15, -0.1) is 0 Å². The molecule has 296 valence electrons. The standard InChI is InChI=1S/C58H44N4/c1-4-17-40(18-5-1)50-38-51(60-58(59-50)42-19-6-2-7-20-42)41-35-33-39(34-36-41)46-27-15-32-55-56(46)49-26-11-13-30-53(49)62(55)45-24-14-21-43(37-45)47-28-16-31-54-57(47)48-25-10-12-29-52(48)61(54)44-22-8-3-9-23-44/h1,3-6,8,10-14,16-22,24-31,33-38H,2,7,9,15,23,32H2. The molecule has 0 N–H and O–H groups in total. The third kappa shape index (κ3) is 6.13. The summed E-state index contributed by atoms with van der Waals surface area (Å²) in [5, 5.41) is 3.88. The molecule has 12 rings (SSSR count). The first kappa shape index (κ1) is 36.3. The van der Waals surface area contributed by atoms with Crippen LogP contribution in [-0.4, -0.2) is 19.1 Å². The normalized spacial score (nSPS) is 14.9. The van der Waals surface area contributed by atoms with E-state index in [1.807, 2.05) is 6.07 Å². The third-order valence-corrected chi connectivity index (χ3v) is 12.9. The second-order valence-corrected chi connectivity index (χ2v) is 16.6. The molecule has 0 atom stereocenters. The number of nitrogens with zero attached hydrogens (tertiary/aromatic N) is 4. The van der Waals surface area contributed by atoms with E-state index in [2.05, 4.69) is 197 Å². The van der Waals surface area contributed by atoms with Gasteiger partial charge in [0, 0.05) is 55.5 Å². The van der Waals surface area contributed by atoms with Crippen molar-refractivity contribution in [3.05, 3.63) is 217 Å². The molecule has 3 aliphatic carbocycles. The molecule has 9 aromatic rings. The number of allylic oxidation sites excluding steroid dienone is 9. The molecule has 3 aliphatic rings. The minimum atomic E-state index is 0.774. The lowest BCUT2D eigenvalue weighted by Gasteiger charge is -2.19. The van der Waals surface area contributed by atoms with Crippen LogP contribution in [0, 0.1) is 0 Å². The number of hydrogen-bond acceptors (Lipinski definition) is 2. The maximum Gasteiger partial charge on any atom is 0.160 e. The van der Waals surface area contributed by atoms with E-state index in [1.165, 1.54) is 77.6 Å². The maximum atomic E-state index is 5.14. The molecule has 0 fully saturated rings. The number of hydrogen-bond donors (Lipinski definition) is 0. The summed E-state index contributed by atoms with van der Waals surface area (Å²) in [6.07, 6.45) is 21.9. The van der Waals surface area contributed by atoms with Crippen LogP contribution in [0.25, 0.3) is 88.9 Å². The fourth-order valence-corrected chi connectivity index (χ4v) is 10.1. The van der Waals surface area contributed by atoms with E-state index in [9.17, 15) is 0 Å². The predicted molar refractivity (Wildman–Crippen MR) is 259 cm³/mol. The first-order valence-corrected chi connectivity index (χ1v) is 22.0. The topological polar surface area (TPSA) is 35.6 Å². The molecule has 3 aromatic heterocycles. The molecule has 62 heavy (non-hydrogen) atoms. The van der Waals surface area contributed by atoms with Gasteiger partial charge in [0.1, 0.15) is 0 Å². The Kier molecular flexibility index (Phi) is 8.88. The lowest BCUT2D eigenvalue weighted by atomic mass is 9.88. The molecule has 0 saturated heterocycles. The highest BCUT2D eigenvalue weighted by atomic mass is 15.0. The Morgan fingerprint density at radius 2 is 1.19 bits per heavy atom. The summed E-state index contributed by atoms with van der Waals surface area (Å²) in [4.78, 5) is 10.2. The molecule has 0 aliphatic heterocycles. The third-order valence-electron chi connectivity index (χ3n) is 12.9. The van der Waals surface area contributed by atoms with Crippen LogP contribution in [0.4, 0.5) is 0 Å². The highest BCUT2D eigenvalue weighted by Gasteiger charge is 2.25. The number of para-hydroxylation sites is 2. The van der Waals surface area contributed by atoms with Crippen molar-refractivity contribution in [2.75, 3.05) is 0 Å². The molecule has 0 spiro atoms. The Balaban J connectivity index is 0.946. The Morgan fingerprint density at radius 3 is 1.98 bits per heavy atom. The van der Waals surface area contributed by atoms with E-state index in [1.54, 1.807) is 0 Å². The van der Waals surface area contributed by atoms with Crippen LogP contribution in [0.2, 0.25) is 0 Å². The second-order valence-electron chi connectivity index (χ2n) is 16.6. The van der Waals surface area contributed by atoms with E-state index in [0.29, 0.717) is 0 Å². The van der Waals surface area contributed by atoms with Crippen LogP contribution in [0.15, 0.2) is 194 Å². The molecule has 0 saturated carbocycles. The van der Waals surface area contributed by atoms with E-state index in [4.69, 9.17) is 9.97 Å². The number of benzene rings is 6. The second kappa shape index (κ2) is 15.2. The number of aromatic nitrogens is 4. The molecule has 0 amide bonds. The van der Waals surface area contributed by atoms with Gasteiger partial charge < -0.3 is 9.13 Å². The molecular formula is C58H44N4. The molecule has 0 bridgehead atoms. The molecule has 6 aromatic carbocycles. The SMILES string of the molecule is C1=CCCC(n2c3ccccc3c3c(-c4cccc(-n5c6c(c7ccccc75)C(c5ccc(-c7cc(-c8ccccc8)nc(C8=CCCC=C8)n7)cc5)=CCC6)c4)cccc32)=C1. The van der Waals surface area contributed by atoms with Gasteiger partial charge in [-0.1, -0.05) is 152 Å². The van der Waals surface area contributed by atoms with Crippen molar-refractivity contribution < 1.29 is 0 Å². The molecule has 3 heterocycles. The van der Waals surface area contributed by atoms with Crippen molar-refractivity contribution in [3.8, 4) is 39.3 Å². The van der Waals surface area contributed by atoms with Crippen molar-refractivity contribution in [2.45, 2.75) is 38.5 Å². The summed E-state index contributed by atoms with van der Waals surface area (Å²) in [5.41, 5.74) is 19.1. The molecule has 4 nitrogen and oxygen atoms in total. The summed E-state index contributed by atoms with van der Waals surface area (Å²) in [5.74, 6) is 0.774. The van der Waals surface area contributed by atoms with Crippen LogP contribution in [-0.2, 0) is 6.42 Å². The molecular weight excluding hydrogens is 753 g/mol. The highest BCUT2D eigenvalue weighted by molar-refractivity contribution is 6.16. The highest BCUT2D eigenvalue weighted by Crippen LogP contribution is 2.43. The largest absolute Gasteiger partial charge is 0.313 e. The van der Waals surface area contributed by atoms with Crippen molar-refractivity contribution in [1.82, 2.24) is 19.1 Å². The Hall–Kier alpha value is -7.56. The maximum absolute atomic E-state index is 5.14. The summed E-state index contributed by atoms with van der Waals surface area (Å²) < 4.78 is 5.01. The Bertz CT molecular complexity index is 3380. The zero-order valence-electron chi connectivity index (χ0n) is 34.5. The van der Waals surface area contributed by atoms with Gasteiger partial charge in [0.05, 0.1) is 27.9 Å². The van der Waals surface area contributed by atoms with Crippen LogP contribution >= 0.6 is 0 Å². The monoisotopic (exact) mass is 796 g/mol. The minimum absolute atomic E-state index is 0.774. The van der Waals surface area contributed by atoms with Gasteiger partial charge in [-0.2, -0.15) is 0 Å². The quantitative estimate of drug-likeness (QED) is 0.161.